The quantitative estimate of drug-likeness (QED) is 0.885. The van der Waals surface area contributed by atoms with Crippen molar-refractivity contribution >= 4 is 11.6 Å². The number of halogens is 2. The molecule has 4 heteroatoms. The van der Waals surface area contributed by atoms with E-state index in [-0.39, 0.29) is 11.9 Å². The van der Waals surface area contributed by atoms with Crippen LogP contribution in [0.5, 0.6) is 0 Å². The van der Waals surface area contributed by atoms with Crippen molar-refractivity contribution in [3.8, 4) is 0 Å². The van der Waals surface area contributed by atoms with Gasteiger partial charge >= 0.3 is 0 Å². The van der Waals surface area contributed by atoms with Gasteiger partial charge < -0.3 is 9.73 Å². The molecule has 1 atom stereocenters. The molecule has 1 aromatic heterocycles. The molecule has 1 N–H and O–H groups in total. The molecule has 19 heavy (non-hydrogen) atoms. The average Bonchev–Trinajstić information content (AvgIpc) is 2.78. The Bertz CT molecular complexity index is 553. The van der Waals surface area contributed by atoms with Gasteiger partial charge in [-0.3, -0.25) is 0 Å². The SMILES string of the molecule is CCNC(Cc1ccc(F)cc1Cl)c1ccoc1C. The Hall–Kier alpha value is -1.32. The van der Waals surface area contributed by atoms with Crippen molar-refractivity contribution in [3.05, 3.63) is 58.3 Å². The Balaban J connectivity index is 2.24. The zero-order valence-electron chi connectivity index (χ0n) is 11.0. The van der Waals surface area contributed by atoms with Crippen molar-refractivity contribution < 1.29 is 8.81 Å². The summed E-state index contributed by atoms with van der Waals surface area (Å²) >= 11 is 6.08. The summed E-state index contributed by atoms with van der Waals surface area (Å²) in [4.78, 5) is 0. The topological polar surface area (TPSA) is 25.2 Å². The molecule has 0 aliphatic heterocycles. The van der Waals surface area contributed by atoms with E-state index < -0.39 is 0 Å². The lowest BCUT2D eigenvalue weighted by Crippen LogP contribution is -2.23. The molecule has 2 rings (SSSR count). The van der Waals surface area contributed by atoms with Crippen molar-refractivity contribution in [2.24, 2.45) is 0 Å². The first-order chi connectivity index (χ1) is 9.11. The number of hydrogen-bond acceptors (Lipinski definition) is 2. The predicted molar refractivity (Wildman–Crippen MR) is 75.0 cm³/mol. The molecule has 0 aliphatic rings. The van der Waals surface area contributed by atoms with Crippen molar-refractivity contribution in [1.29, 1.82) is 0 Å². The Morgan fingerprint density at radius 1 is 1.37 bits per heavy atom. The normalized spacial score (nSPS) is 12.6. The van der Waals surface area contributed by atoms with E-state index in [9.17, 15) is 4.39 Å². The summed E-state index contributed by atoms with van der Waals surface area (Å²) < 4.78 is 18.4. The van der Waals surface area contributed by atoms with Gasteiger partial charge in [-0.1, -0.05) is 24.6 Å². The lowest BCUT2D eigenvalue weighted by molar-refractivity contribution is 0.501. The molecule has 1 unspecified atom stereocenters. The van der Waals surface area contributed by atoms with Gasteiger partial charge in [-0.15, -0.1) is 0 Å². The zero-order chi connectivity index (χ0) is 13.8. The maximum absolute atomic E-state index is 13.1. The maximum atomic E-state index is 13.1. The van der Waals surface area contributed by atoms with Crippen molar-refractivity contribution in [2.75, 3.05) is 6.54 Å². The Morgan fingerprint density at radius 2 is 2.16 bits per heavy atom. The standard InChI is InChI=1S/C15H17ClFNO/c1-3-18-15(13-6-7-19-10(13)2)8-11-4-5-12(17)9-14(11)16/h4-7,9,15,18H,3,8H2,1-2H3. The van der Waals surface area contributed by atoms with Crippen molar-refractivity contribution in [1.82, 2.24) is 5.32 Å². The van der Waals surface area contributed by atoms with Gasteiger partial charge in [0.05, 0.1) is 6.26 Å². The molecular weight excluding hydrogens is 265 g/mol. The van der Waals surface area contributed by atoms with Gasteiger partial charge in [0.15, 0.2) is 0 Å². The summed E-state index contributed by atoms with van der Waals surface area (Å²) in [5, 5.41) is 3.87. The second kappa shape index (κ2) is 6.22. The summed E-state index contributed by atoms with van der Waals surface area (Å²) in [5.41, 5.74) is 2.04. The van der Waals surface area contributed by atoms with Crippen LogP contribution in [0.2, 0.25) is 5.02 Å². The van der Waals surface area contributed by atoms with Crippen LogP contribution in [0, 0.1) is 12.7 Å². The molecule has 0 radical (unpaired) electrons. The van der Waals surface area contributed by atoms with Crippen molar-refractivity contribution in [3.63, 3.8) is 0 Å². The first-order valence-corrected chi connectivity index (χ1v) is 6.71. The Morgan fingerprint density at radius 3 is 2.74 bits per heavy atom. The van der Waals surface area contributed by atoms with Crippen molar-refractivity contribution in [2.45, 2.75) is 26.3 Å². The van der Waals surface area contributed by atoms with E-state index in [1.807, 2.05) is 13.0 Å². The minimum atomic E-state index is -0.312. The van der Waals surface area contributed by atoms with Gasteiger partial charge in [0.25, 0.3) is 0 Å². The van der Waals surface area contributed by atoms with E-state index >= 15 is 0 Å². The fourth-order valence-electron chi connectivity index (χ4n) is 2.20. The molecule has 0 aliphatic carbocycles. The third kappa shape index (κ3) is 3.37. The first kappa shape index (κ1) is 14.1. The highest BCUT2D eigenvalue weighted by atomic mass is 35.5. The second-order valence-electron chi connectivity index (χ2n) is 4.48. The van der Waals surface area contributed by atoms with E-state index in [4.69, 9.17) is 16.0 Å². The smallest absolute Gasteiger partial charge is 0.124 e. The minimum absolute atomic E-state index is 0.117. The number of furan rings is 1. The second-order valence-corrected chi connectivity index (χ2v) is 4.89. The van der Waals surface area contributed by atoms with Gasteiger partial charge in [0.2, 0.25) is 0 Å². The minimum Gasteiger partial charge on any atom is -0.469 e. The van der Waals surface area contributed by atoms with E-state index in [1.54, 1.807) is 12.3 Å². The third-order valence-electron chi connectivity index (χ3n) is 3.16. The number of benzene rings is 1. The van der Waals surface area contributed by atoms with Crippen LogP contribution in [0.1, 0.15) is 29.9 Å². The number of likely N-dealkylation sites (N-methyl/N-ethyl adjacent to an activating group) is 1. The molecule has 2 aromatic rings. The molecule has 0 bridgehead atoms. The van der Waals surface area contributed by atoms with Crippen LogP contribution in [0.25, 0.3) is 0 Å². The molecule has 1 aromatic carbocycles. The molecule has 2 nitrogen and oxygen atoms in total. The lowest BCUT2D eigenvalue weighted by Gasteiger charge is -2.18. The molecule has 0 saturated heterocycles. The van der Waals surface area contributed by atoms with Crippen LogP contribution in [0.4, 0.5) is 4.39 Å². The monoisotopic (exact) mass is 281 g/mol. The van der Waals surface area contributed by atoms with E-state index in [1.165, 1.54) is 12.1 Å². The summed E-state index contributed by atoms with van der Waals surface area (Å²) in [6.07, 6.45) is 2.38. The van der Waals surface area contributed by atoms with Crippen LogP contribution < -0.4 is 5.32 Å². The number of hydrogen-bond donors (Lipinski definition) is 1. The van der Waals surface area contributed by atoms with Gasteiger partial charge in [0, 0.05) is 16.6 Å². The highest BCUT2D eigenvalue weighted by Crippen LogP contribution is 2.26. The fourth-order valence-corrected chi connectivity index (χ4v) is 2.45. The van der Waals surface area contributed by atoms with Crippen LogP contribution in [0.15, 0.2) is 34.9 Å². The largest absolute Gasteiger partial charge is 0.469 e. The summed E-state index contributed by atoms with van der Waals surface area (Å²) in [6, 6.07) is 6.60. The van der Waals surface area contributed by atoms with E-state index in [2.05, 4.69) is 12.2 Å². The molecule has 1 heterocycles. The highest BCUT2D eigenvalue weighted by Gasteiger charge is 2.17. The molecule has 0 saturated carbocycles. The lowest BCUT2D eigenvalue weighted by atomic mass is 9.99. The van der Waals surface area contributed by atoms with Gasteiger partial charge in [-0.2, -0.15) is 0 Å². The van der Waals surface area contributed by atoms with Crippen LogP contribution in [-0.2, 0) is 6.42 Å². The molecule has 0 fully saturated rings. The first-order valence-electron chi connectivity index (χ1n) is 6.33. The van der Waals surface area contributed by atoms with Crippen LogP contribution in [0.3, 0.4) is 0 Å². The molecule has 102 valence electrons. The Labute approximate surface area is 117 Å². The summed E-state index contributed by atoms with van der Waals surface area (Å²) in [6.45, 7) is 4.83. The van der Waals surface area contributed by atoms with Crippen LogP contribution >= 0.6 is 11.6 Å². The Kier molecular flexibility index (Phi) is 4.61. The molecule has 0 spiro atoms. The van der Waals surface area contributed by atoms with Crippen LogP contribution in [-0.4, -0.2) is 6.54 Å². The number of rotatable bonds is 5. The number of aryl methyl sites for hydroxylation is 1. The molecule has 0 amide bonds. The fraction of sp³-hybridized carbons (Fsp3) is 0.333. The van der Waals surface area contributed by atoms with E-state index in [0.29, 0.717) is 11.4 Å². The average molecular weight is 282 g/mol. The third-order valence-corrected chi connectivity index (χ3v) is 3.52. The van der Waals surface area contributed by atoms with Gasteiger partial charge in [-0.25, -0.2) is 4.39 Å². The summed E-state index contributed by atoms with van der Waals surface area (Å²) in [5.74, 6) is 0.581. The van der Waals surface area contributed by atoms with Gasteiger partial charge in [0.1, 0.15) is 11.6 Å². The molecular formula is C15H17ClFNO. The van der Waals surface area contributed by atoms with Gasteiger partial charge in [-0.05, 0) is 43.7 Å². The number of nitrogens with one attached hydrogen (secondary N) is 1. The van der Waals surface area contributed by atoms with E-state index in [0.717, 1.165) is 23.4 Å². The summed E-state index contributed by atoms with van der Waals surface area (Å²) in [7, 11) is 0. The maximum Gasteiger partial charge on any atom is 0.124 e. The zero-order valence-corrected chi connectivity index (χ0v) is 11.8. The predicted octanol–water partition coefficient (Wildman–Crippen LogP) is 4.27. The highest BCUT2D eigenvalue weighted by molar-refractivity contribution is 6.31.